The molecule has 6 rings (SSSR count). The first-order valence-corrected chi connectivity index (χ1v) is 13.8. The van der Waals surface area contributed by atoms with Crippen molar-refractivity contribution in [3.05, 3.63) is 53.2 Å². The summed E-state index contributed by atoms with van der Waals surface area (Å²) in [5.41, 5.74) is 2.15. The number of carbonyl (C=O) groups is 1. The summed E-state index contributed by atoms with van der Waals surface area (Å²) < 4.78 is 54.6. The summed E-state index contributed by atoms with van der Waals surface area (Å²) in [6.07, 6.45) is 0.922. The van der Waals surface area contributed by atoms with Crippen LogP contribution in [0.1, 0.15) is 61.8 Å². The molecule has 2 aliphatic heterocycles. The number of nitrogens with zero attached hydrogens (tertiary/aromatic N) is 3. The van der Waals surface area contributed by atoms with E-state index in [0.29, 0.717) is 30.2 Å². The maximum absolute atomic E-state index is 13.8. The van der Waals surface area contributed by atoms with E-state index >= 15 is 0 Å². The number of methoxy groups -OCH3 is 1. The van der Waals surface area contributed by atoms with Gasteiger partial charge in [-0.05, 0) is 66.8 Å². The molecule has 2 fully saturated rings. The van der Waals surface area contributed by atoms with Gasteiger partial charge in [0.05, 0.1) is 23.9 Å². The lowest BCUT2D eigenvalue weighted by molar-refractivity contribution is -0.146. The summed E-state index contributed by atoms with van der Waals surface area (Å²) >= 11 is 0. The summed E-state index contributed by atoms with van der Waals surface area (Å²) in [6, 6.07) is 11.6. The first-order valence-electron chi connectivity index (χ1n) is 13.8. The number of ether oxygens (including phenoxy) is 2. The van der Waals surface area contributed by atoms with Gasteiger partial charge in [0.25, 0.3) is 0 Å². The van der Waals surface area contributed by atoms with Crippen LogP contribution >= 0.6 is 0 Å². The molecule has 1 saturated heterocycles. The lowest BCUT2D eigenvalue weighted by Gasteiger charge is -2.45. The Kier molecular flexibility index (Phi) is 6.31. The molecular weight excluding hydrogens is 507 g/mol. The monoisotopic (exact) mass is 541 g/mol. The highest BCUT2D eigenvalue weighted by Crippen LogP contribution is 2.49. The molecular formula is C30H34F3N3O3. The summed E-state index contributed by atoms with van der Waals surface area (Å²) in [5, 5.41) is 3.96. The second-order valence-electron chi connectivity index (χ2n) is 11.5. The number of aromatic nitrogens is 2. The van der Waals surface area contributed by atoms with Crippen molar-refractivity contribution < 1.29 is 27.4 Å². The molecule has 3 aliphatic rings. The van der Waals surface area contributed by atoms with Crippen molar-refractivity contribution in [2.45, 2.75) is 63.1 Å². The Morgan fingerprint density at radius 2 is 1.90 bits per heavy atom. The quantitative estimate of drug-likeness (QED) is 0.357. The molecule has 3 heterocycles. The van der Waals surface area contributed by atoms with E-state index in [4.69, 9.17) is 9.47 Å². The number of halogens is 3. The molecule has 9 heteroatoms. The van der Waals surface area contributed by atoms with Crippen molar-refractivity contribution in [3.8, 4) is 5.75 Å². The van der Waals surface area contributed by atoms with Gasteiger partial charge in [0, 0.05) is 38.7 Å². The largest absolute Gasteiger partial charge is 0.487 e. The van der Waals surface area contributed by atoms with E-state index in [2.05, 4.69) is 23.3 Å². The number of hydrogen-bond acceptors (Lipinski definition) is 5. The second-order valence-corrected chi connectivity index (χ2v) is 11.5. The Hall–Kier alpha value is -3.23. The van der Waals surface area contributed by atoms with E-state index in [9.17, 15) is 18.0 Å². The van der Waals surface area contributed by atoms with Crippen molar-refractivity contribution >= 4 is 22.6 Å². The molecule has 1 saturated carbocycles. The third-order valence-electron chi connectivity index (χ3n) is 9.03. The number of aryl methyl sites for hydroxylation is 2. The van der Waals surface area contributed by atoms with Crippen LogP contribution in [0.2, 0.25) is 0 Å². The average Bonchev–Trinajstić information content (AvgIpc) is 3.69. The molecule has 2 atom stereocenters. The number of alkyl halides is 3. The predicted octanol–water partition coefficient (Wildman–Crippen LogP) is 6.26. The van der Waals surface area contributed by atoms with E-state index in [1.54, 1.807) is 25.2 Å². The summed E-state index contributed by atoms with van der Waals surface area (Å²) in [5.74, 6) is 1.05. The summed E-state index contributed by atoms with van der Waals surface area (Å²) in [6.45, 7) is 3.15. The van der Waals surface area contributed by atoms with Crippen molar-refractivity contribution in [1.82, 2.24) is 9.78 Å². The second kappa shape index (κ2) is 9.45. The van der Waals surface area contributed by atoms with Crippen LogP contribution in [0.5, 0.6) is 5.75 Å². The maximum Gasteiger partial charge on any atom is 0.435 e. The number of anilines is 1. The molecule has 0 N–H and O–H groups in total. The zero-order valence-electron chi connectivity index (χ0n) is 22.6. The highest BCUT2D eigenvalue weighted by molar-refractivity contribution is 5.95. The minimum atomic E-state index is -4.52. The zero-order valence-corrected chi connectivity index (χ0v) is 22.6. The van der Waals surface area contributed by atoms with E-state index in [1.807, 2.05) is 11.8 Å². The van der Waals surface area contributed by atoms with Gasteiger partial charge in [0.2, 0.25) is 0 Å². The third kappa shape index (κ3) is 4.63. The lowest BCUT2D eigenvalue weighted by Crippen LogP contribution is -2.50. The van der Waals surface area contributed by atoms with Crippen molar-refractivity contribution in [2.24, 2.45) is 18.9 Å². The van der Waals surface area contributed by atoms with Gasteiger partial charge in [-0.2, -0.15) is 18.3 Å². The molecule has 1 aliphatic carbocycles. The topological polar surface area (TPSA) is 56.6 Å². The van der Waals surface area contributed by atoms with Crippen LogP contribution in [-0.2, 0) is 29.2 Å². The van der Waals surface area contributed by atoms with Gasteiger partial charge in [-0.1, -0.05) is 25.1 Å². The zero-order chi connectivity index (χ0) is 27.5. The molecule has 3 aromatic rings. The smallest absolute Gasteiger partial charge is 0.435 e. The van der Waals surface area contributed by atoms with Crippen LogP contribution in [0.25, 0.3) is 10.9 Å². The number of fused-ring (bicyclic) bond motifs is 2. The molecule has 208 valence electrons. The number of carbonyl (C=O) groups excluding carboxylic acids is 1. The minimum Gasteiger partial charge on any atom is -0.487 e. The number of esters is 1. The highest BCUT2D eigenvalue weighted by atomic mass is 19.4. The predicted molar refractivity (Wildman–Crippen MR) is 142 cm³/mol. The van der Waals surface area contributed by atoms with Crippen LogP contribution in [0.3, 0.4) is 0 Å². The van der Waals surface area contributed by atoms with Crippen LogP contribution in [0.4, 0.5) is 18.9 Å². The highest BCUT2D eigenvalue weighted by Gasteiger charge is 2.43. The van der Waals surface area contributed by atoms with E-state index in [1.165, 1.54) is 17.4 Å². The van der Waals surface area contributed by atoms with E-state index in [-0.39, 0.29) is 28.8 Å². The lowest BCUT2D eigenvalue weighted by atomic mass is 9.80. The van der Waals surface area contributed by atoms with Gasteiger partial charge in [0.1, 0.15) is 11.4 Å². The first-order chi connectivity index (χ1) is 18.6. The van der Waals surface area contributed by atoms with Crippen LogP contribution in [0.15, 0.2) is 36.4 Å². The molecule has 0 bridgehead atoms. The first kappa shape index (κ1) is 26.0. The van der Waals surface area contributed by atoms with Gasteiger partial charge in [-0.3, -0.25) is 9.48 Å². The Balaban J connectivity index is 1.23. The van der Waals surface area contributed by atoms with Crippen molar-refractivity contribution in [2.75, 3.05) is 25.1 Å². The molecule has 0 radical (unpaired) electrons. The molecule has 1 aromatic heterocycles. The van der Waals surface area contributed by atoms with Crippen molar-refractivity contribution in [1.29, 1.82) is 0 Å². The van der Waals surface area contributed by atoms with E-state index < -0.39 is 11.9 Å². The fourth-order valence-electron chi connectivity index (χ4n) is 6.75. The summed E-state index contributed by atoms with van der Waals surface area (Å²) in [7, 11) is 2.99. The minimum absolute atomic E-state index is 0.105. The van der Waals surface area contributed by atoms with Gasteiger partial charge >= 0.3 is 12.1 Å². The van der Waals surface area contributed by atoms with Crippen LogP contribution < -0.4 is 9.64 Å². The Bertz CT molecular complexity index is 1400. The van der Waals surface area contributed by atoms with Crippen LogP contribution in [0, 0.1) is 11.8 Å². The standard InChI is InChI=1S/C30H34F3N3O3/c1-18(28(37)38-3)25(20-8-9-20)21-10-7-19-11-12-29(39-24(19)17-21)13-15-36(16-14-29)23-6-4-5-22-26(23)27(30(31,32)33)34-35(22)2/h4-7,10,17-18,20,25H,8-9,11-16H2,1-3H3/t18-,25-/m0/s1. The van der Waals surface area contributed by atoms with Crippen molar-refractivity contribution in [3.63, 3.8) is 0 Å². The Morgan fingerprint density at radius 3 is 2.56 bits per heavy atom. The van der Waals surface area contributed by atoms with Crippen LogP contribution in [-0.4, -0.2) is 41.6 Å². The van der Waals surface area contributed by atoms with Gasteiger partial charge < -0.3 is 14.4 Å². The number of benzene rings is 2. The third-order valence-corrected chi connectivity index (χ3v) is 9.03. The average molecular weight is 542 g/mol. The molecule has 2 aromatic carbocycles. The number of hydrogen-bond donors (Lipinski definition) is 0. The molecule has 1 spiro atoms. The van der Waals surface area contributed by atoms with Gasteiger partial charge in [-0.25, -0.2) is 0 Å². The number of piperidine rings is 1. The summed E-state index contributed by atoms with van der Waals surface area (Å²) in [4.78, 5) is 14.4. The Labute approximate surface area is 226 Å². The fourth-order valence-corrected chi connectivity index (χ4v) is 6.75. The van der Waals surface area contributed by atoms with Gasteiger partial charge in [0.15, 0.2) is 5.69 Å². The fraction of sp³-hybridized carbons (Fsp3) is 0.533. The molecule has 6 nitrogen and oxygen atoms in total. The number of rotatable bonds is 5. The normalized spacial score (nSPS) is 20.4. The SMILES string of the molecule is COC(=O)[C@@H](C)[C@H](c1ccc2c(c1)OC1(CC2)CCN(c2cccc3c2c(C(F)(F)F)nn3C)CC1)C1CC1. The molecule has 0 unspecified atom stereocenters. The van der Waals surface area contributed by atoms with E-state index in [0.717, 1.165) is 49.8 Å². The maximum atomic E-state index is 13.8. The molecule has 0 amide bonds. The van der Waals surface area contributed by atoms with Gasteiger partial charge in [-0.15, -0.1) is 0 Å². The Morgan fingerprint density at radius 1 is 1.15 bits per heavy atom. The molecule has 39 heavy (non-hydrogen) atoms.